The SMILES string of the molecule is Cc1ccc2[nH]c3c(c2c1)CCCC3N[C@H](C)c1ccccc1.Cc1ccc2[nH]c3c(c2c1)CCC[C@H]3N[C@H](C)c1ccccc1.Cl.Cl. The third-order valence-corrected chi connectivity index (χ3v) is 10.2. The van der Waals surface area contributed by atoms with Gasteiger partial charge in [0.15, 0.2) is 0 Å². The Morgan fingerprint density at radius 1 is 0.562 bits per heavy atom. The number of hydrogen-bond donors (Lipinski definition) is 4. The van der Waals surface area contributed by atoms with Gasteiger partial charge in [0.05, 0.1) is 0 Å². The van der Waals surface area contributed by atoms with E-state index in [0.717, 1.165) is 0 Å². The topological polar surface area (TPSA) is 55.6 Å². The van der Waals surface area contributed by atoms with Crippen molar-refractivity contribution in [3.05, 3.63) is 142 Å². The lowest BCUT2D eigenvalue weighted by molar-refractivity contribution is 0.410. The lowest BCUT2D eigenvalue weighted by Gasteiger charge is -2.27. The molecule has 4 nitrogen and oxygen atoms in total. The van der Waals surface area contributed by atoms with E-state index in [1.165, 1.54) is 105 Å². The van der Waals surface area contributed by atoms with Gasteiger partial charge in [0, 0.05) is 57.4 Å². The summed E-state index contributed by atoms with van der Waals surface area (Å²) in [6.07, 6.45) is 7.31. The zero-order chi connectivity index (χ0) is 31.6. The summed E-state index contributed by atoms with van der Waals surface area (Å²) >= 11 is 0. The number of aromatic nitrogens is 2. The third-order valence-electron chi connectivity index (χ3n) is 10.2. The van der Waals surface area contributed by atoms with Gasteiger partial charge in [0.25, 0.3) is 0 Å². The molecule has 0 spiro atoms. The van der Waals surface area contributed by atoms with Crippen molar-refractivity contribution in [2.45, 2.75) is 90.4 Å². The fraction of sp³-hybridized carbons (Fsp3) is 0.333. The molecule has 4 atom stereocenters. The Kier molecular flexibility index (Phi) is 11.8. The van der Waals surface area contributed by atoms with Crippen molar-refractivity contribution in [3.63, 3.8) is 0 Å². The molecule has 2 aliphatic carbocycles. The maximum absolute atomic E-state index is 3.84. The Labute approximate surface area is 298 Å². The van der Waals surface area contributed by atoms with E-state index in [0.29, 0.717) is 24.2 Å². The number of H-pyrrole nitrogens is 2. The first-order valence-electron chi connectivity index (χ1n) is 17.3. The minimum absolute atomic E-state index is 0. The van der Waals surface area contributed by atoms with Crippen molar-refractivity contribution < 1.29 is 0 Å². The number of fused-ring (bicyclic) bond motifs is 6. The van der Waals surface area contributed by atoms with Gasteiger partial charge in [0.1, 0.15) is 0 Å². The van der Waals surface area contributed by atoms with Crippen LogP contribution in [0.25, 0.3) is 21.8 Å². The van der Waals surface area contributed by atoms with Crippen molar-refractivity contribution in [1.82, 2.24) is 20.6 Å². The first-order chi connectivity index (χ1) is 22.4. The zero-order valence-electron chi connectivity index (χ0n) is 28.6. The average Bonchev–Trinajstić information content (AvgIpc) is 3.65. The second-order valence-electron chi connectivity index (χ2n) is 13.6. The van der Waals surface area contributed by atoms with Crippen LogP contribution in [0.3, 0.4) is 0 Å². The molecule has 6 heteroatoms. The molecule has 0 radical (unpaired) electrons. The fourth-order valence-electron chi connectivity index (χ4n) is 7.77. The number of nitrogens with one attached hydrogen (secondary N) is 4. The fourth-order valence-corrected chi connectivity index (χ4v) is 7.77. The van der Waals surface area contributed by atoms with Crippen LogP contribution in [0, 0.1) is 13.8 Å². The molecule has 1 unspecified atom stereocenters. The van der Waals surface area contributed by atoms with Crippen molar-refractivity contribution in [2.24, 2.45) is 0 Å². The standard InChI is InChI=1S/2C21H24N2.2ClH/c2*1-14-11-12-19-18(13-14)17-9-6-10-20(21(17)23-19)22-15(2)16-7-4-3-5-8-16;;/h2*3-5,7-8,11-13,15,20,22-23H,6,9-10H2,1-2H3;2*1H/t15-,20?;15-,20-;;/m11../s1. The van der Waals surface area contributed by atoms with Crippen LogP contribution in [-0.4, -0.2) is 9.97 Å². The Morgan fingerprint density at radius 3 is 1.35 bits per heavy atom. The highest BCUT2D eigenvalue weighted by Gasteiger charge is 2.27. The van der Waals surface area contributed by atoms with Gasteiger partial charge in [-0.25, -0.2) is 0 Å². The molecule has 0 saturated heterocycles. The number of benzene rings is 4. The Balaban J connectivity index is 0.000000180. The van der Waals surface area contributed by atoms with Gasteiger partial charge in [-0.3, -0.25) is 0 Å². The average molecular weight is 682 g/mol. The highest BCUT2D eigenvalue weighted by Crippen LogP contribution is 2.37. The molecule has 8 rings (SSSR count). The first-order valence-corrected chi connectivity index (χ1v) is 17.3. The van der Waals surface area contributed by atoms with Crippen molar-refractivity contribution in [1.29, 1.82) is 0 Å². The maximum Gasteiger partial charge on any atom is 0.0480 e. The Hall–Kier alpha value is -3.54. The van der Waals surface area contributed by atoms with E-state index in [1.54, 1.807) is 0 Å². The van der Waals surface area contributed by atoms with Gasteiger partial charge in [-0.15, -0.1) is 24.8 Å². The summed E-state index contributed by atoms with van der Waals surface area (Å²) in [6, 6.07) is 36.5. The number of rotatable bonds is 6. The van der Waals surface area contributed by atoms with Crippen LogP contribution >= 0.6 is 24.8 Å². The van der Waals surface area contributed by atoms with Crippen molar-refractivity contribution in [2.75, 3.05) is 0 Å². The predicted octanol–water partition coefficient (Wildman–Crippen LogP) is 11.3. The van der Waals surface area contributed by atoms with Gasteiger partial charge in [0.2, 0.25) is 0 Å². The van der Waals surface area contributed by atoms with Gasteiger partial charge < -0.3 is 20.6 Å². The van der Waals surface area contributed by atoms with E-state index in [2.05, 4.69) is 145 Å². The summed E-state index contributed by atoms with van der Waals surface area (Å²) in [6.45, 7) is 8.87. The molecule has 2 aliphatic rings. The van der Waals surface area contributed by atoms with E-state index in [4.69, 9.17) is 0 Å². The van der Waals surface area contributed by atoms with Crippen LogP contribution in [0.5, 0.6) is 0 Å². The van der Waals surface area contributed by atoms with Gasteiger partial charge in [-0.05, 0) is 113 Å². The van der Waals surface area contributed by atoms with Crippen molar-refractivity contribution in [3.8, 4) is 0 Å². The summed E-state index contributed by atoms with van der Waals surface area (Å²) in [7, 11) is 0. The summed E-state index contributed by atoms with van der Waals surface area (Å²) in [4.78, 5) is 7.38. The molecule has 0 aliphatic heterocycles. The molecule has 4 aromatic carbocycles. The monoisotopic (exact) mass is 680 g/mol. The lowest BCUT2D eigenvalue weighted by atomic mass is 9.90. The zero-order valence-corrected chi connectivity index (χ0v) is 30.2. The Morgan fingerprint density at radius 2 is 0.958 bits per heavy atom. The maximum atomic E-state index is 3.84. The summed E-state index contributed by atoms with van der Waals surface area (Å²) in [5.74, 6) is 0. The second-order valence-corrected chi connectivity index (χ2v) is 13.6. The molecule has 48 heavy (non-hydrogen) atoms. The normalized spacial score (nSPS) is 18.0. The first kappa shape index (κ1) is 35.8. The second kappa shape index (κ2) is 15.8. The van der Waals surface area contributed by atoms with Crippen LogP contribution < -0.4 is 10.6 Å². The predicted molar refractivity (Wildman–Crippen MR) is 208 cm³/mol. The largest absolute Gasteiger partial charge is 0.357 e. The number of aromatic amines is 2. The molecule has 0 fully saturated rings. The molecule has 252 valence electrons. The van der Waals surface area contributed by atoms with Gasteiger partial charge in [-0.1, -0.05) is 83.9 Å². The molecule has 6 aromatic rings. The Bertz CT molecular complexity index is 1790. The molecule has 4 N–H and O–H groups in total. The van der Waals surface area contributed by atoms with E-state index in [-0.39, 0.29) is 24.8 Å². The van der Waals surface area contributed by atoms with Crippen LogP contribution in [-0.2, 0) is 12.8 Å². The molecular weight excluding hydrogens is 631 g/mol. The molecule has 0 saturated carbocycles. The highest BCUT2D eigenvalue weighted by atomic mass is 35.5. The highest BCUT2D eigenvalue weighted by molar-refractivity contribution is 5.87. The van der Waals surface area contributed by atoms with E-state index < -0.39 is 0 Å². The smallest absolute Gasteiger partial charge is 0.0480 e. The van der Waals surface area contributed by atoms with Crippen LogP contribution in [0.15, 0.2) is 97.1 Å². The van der Waals surface area contributed by atoms with E-state index >= 15 is 0 Å². The minimum Gasteiger partial charge on any atom is -0.357 e. The van der Waals surface area contributed by atoms with Crippen molar-refractivity contribution >= 4 is 46.6 Å². The van der Waals surface area contributed by atoms with Gasteiger partial charge >= 0.3 is 0 Å². The van der Waals surface area contributed by atoms with E-state index in [9.17, 15) is 0 Å². The van der Waals surface area contributed by atoms with Gasteiger partial charge in [-0.2, -0.15) is 0 Å². The van der Waals surface area contributed by atoms with Crippen LogP contribution in [0.4, 0.5) is 0 Å². The number of hydrogen-bond acceptors (Lipinski definition) is 2. The van der Waals surface area contributed by atoms with Crippen LogP contribution in [0.1, 0.15) is 108 Å². The van der Waals surface area contributed by atoms with E-state index in [1.807, 2.05) is 0 Å². The number of aryl methyl sites for hydroxylation is 4. The molecule has 0 amide bonds. The molecule has 2 heterocycles. The molecular formula is C42H50Cl2N4. The lowest BCUT2D eigenvalue weighted by Crippen LogP contribution is -2.27. The third kappa shape index (κ3) is 7.53. The quantitative estimate of drug-likeness (QED) is 0.141. The minimum atomic E-state index is 0. The summed E-state index contributed by atoms with van der Waals surface area (Å²) < 4.78 is 0. The summed E-state index contributed by atoms with van der Waals surface area (Å²) in [5.41, 5.74) is 13.8. The molecule has 0 bridgehead atoms. The summed E-state index contributed by atoms with van der Waals surface area (Å²) in [5, 5.41) is 10.5. The number of halogens is 2. The molecule has 2 aromatic heterocycles. The van der Waals surface area contributed by atoms with Crippen LogP contribution in [0.2, 0.25) is 0 Å².